The molecule has 16 nitrogen and oxygen atoms in total. The second-order valence-corrected chi connectivity index (χ2v) is 25.6. The van der Waals surface area contributed by atoms with Crippen molar-refractivity contribution in [1.82, 2.24) is 0 Å². The average Bonchev–Trinajstić information content (AvgIpc) is 3.34. The number of unbranched alkanes of at least 4 members (excludes halogenated alkanes) is 16. The van der Waals surface area contributed by atoms with Gasteiger partial charge in [0.15, 0.2) is 0 Å². The summed E-state index contributed by atoms with van der Waals surface area (Å²) in [4.78, 5) is -2.20. The van der Waals surface area contributed by atoms with Crippen LogP contribution >= 0.6 is 0 Å². The molecule has 1 aliphatic rings. The Morgan fingerprint density at radius 1 is 0.289 bits per heavy atom. The van der Waals surface area contributed by atoms with Crippen LogP contribution in [0.2, 0.25) is 0 Å². The van der Waals surface area contributed by atoms with E-state index in [1.807, 2.05) is 0 Å². The topological polar surface area (TPSA) is 254 Å². The molecule has 0 atom stereocenters. The van der Waals surface area contributed by atoms with Crippen LogP contribution in [0.15, 0.2) is 68.1 Å². The van der Waals surface area contributed by atoms with Crippen molar-refractivity contribution in [3.8, 4) is 23.0 Å². The Morgan fingerprint density at radius 2 is 0.447 bits per heavy atom. The number of hydrogen-bond acceptors (Lipinski definition) is 12. The lowest BCUT2D eigenvalue weighted by atomic mass is 9.91. The number of hydrogen-bond donors (Lipinski definition) is 4. The van der Waals surface area contributed by atoms with Crippen LogP contribution in [-0.4, -0.2) is 78.3 Å². The zero-order valence-electron chi connectivity index (χ0n) is 44.7. The Labute approximate surface area is 452 Å². The molecular formula is C56H80O16S4. The molecule has 5 rings (SSSR count). The molecule has 20 heteroatoms. The van der Waals surface area contributed by atoms with Crippen molar-refractivity contribution in [2.24, 2.45) is 0 Å². The van der Waals surface area contributed by atoms with E-state index in [1.54, 1.807) is 0 Å². The lowest BCUT2D eigenvalue weighted by Crippen LogP contribution is -2.14. The first-order chi connectivity index (χ1) is 36.1. The fourth-order valence-corrected chi connectivity index (χ4v) is 11.9. The molecule has 0 heterocycles. The first-order valence-electron chi connectivity index (χ1n) is 27.1. The van der Waals surface area contributed by atoms with Gasteiger partial charge in [0.1, 0.15) is 23.0 Å². The van der Waals surface area contributed by atoms with Crippen molar-refractivity contribution in [2.45, 2.75) is 201 Å². The van der Waals surface area contributed by atoms with E-state index in [0.29, 0.717) is 25.7 Å². The van der Waals surface area contributed by atoms with Gasteiger partial charge in [0.05, 0.1) is 46.0 Å². The van der Waals surface area contributed by atoms with Gasteiger partial charge in [-0.2, -0.15) is 33.7 Å². The second-order valence-electron chi connectivity index (χ2n) is 19.9. The fraction of sp³-hybridized carbons (Fsp3) is 0.571. The number of fused-ring (bicyclic) bond motifs is 8. The molecule has 1 aliphatic carbocycles. The third-order valence-corrected chi connectivity index (χ3v) is 16.9. The molecule has 0 amide bonds. The minimum Gasteiger partial charge on any atom is -0.493 e. The maximum Gasteiger partial charge on any atom is 0.294 e. The van der Waals surface area contributed by atoms with Gasteiger partial charge in [-0.1, -0.05) is 130 Å². The molecule has 4 aromatic carbocycles. The van der Waals surface area contributed by atoms with Crippen LogP contribution in [0.5, 0.6) is 23.0 Å². The van der Waals surface area contributed by atoms with Crippen molar-refractivity contribution < 1.29 is 70.8 Å². The van der Waals surface area contributed by atoms with Crippen LogP contribution in [0.4, 0.5) is 0 Å². The summed E-state index contributed by atoms with van der Waals surface area (Å²) in [5, 5.41) is 0. The van der Waals surface area contributed by atoms with Gasteiger partial charge < -0.3 is 18.9 Å². The van der Waals surface area contributed by atoms with Crippen LogP contribution in [0.1, 0.15) is 201 Å². The monoisotopic (exact) mass is 1140 g/mol. The minimum absolute atomic E-state index is 0.149. The summed E-state index contributed by atoms with van der Waals surface area (Å²) in [5.74, 6) is 0.616. The lowest BCUT2D eigenvalue weighted by Gasteiger charge is -2.24. The molecule has 0 unspecified atom stereocenters. The highest BCUT2D eigenvalue weighted by atomic mass is 32.2. The molecule has 0 aromatic heterocycles. The molecular weight excluding hydrogens is 1060 g/mol. The minimum atomic E-state index is -4.98. The van der Waals surface area contributed by atoms with Crippen molar-refractivity contribution in [1.29, 1.82) is 0 Å². The highest BCUT2D eigenvalue weighted by molar-refractivity contribution is 7.86. The third kappa shape index (κ3) is 19.0. The van der Waals surface area contributed by atoms with Gasteiger partial charge in [0.25, 0.3) is 40.5 Å². The van der Waals surface area contributed by atoms with Crippen molar-refractivity contribution in [2.75, 3.05) is 26.4 Å². The average molecular weight is 1140 g/mol. The Hall–Kier alpha value is -4.28. The van der Waals surface area contributed by atoms with E-state index in [-0.39, 0.29) is 120 Å². The van der Waals surface area contributed by atoms with E-state index in [1.165, 1.54) is 48.5 Å². The SMILES string of the molecule is CCCCCCCOc1c2cc(S(=O)(=O)O)cc1Cc1cc(S(=O)(=O)O)cc(c1OCCCCCCC)Cc1cc(S(=O)(=O)O)cc(c1OCCCCCCC)Cc1cc(S(=O)(=O)O)cc(c1OCCCCCCC)C2. The number of rotatable bonds is 32. The predicted molar refractivity (Wildman–Crippen MR) is 293 cm³/mol. The lowest BCUT2D eigenvalue weighted by molar-refractivity contribution is 0.292. The highest BCUT2D eigenvalue weighted by Gasteiger charge is 2.29. The molecule has 424 valence electrons. The zero-order chi connectivity index (χ0) is 55.5. The summed E-state index contributed by atoms with van der Waals surface area (Å²) in [5.41, 5.74) is 1.25. The quantitative estimate of drug-likeness (QED) is 0.0231. The molecule has 0 aliphatic heterocycles. The van der Waals surface area contributed by atoms with E-state index in [2.05, 4.69) is 27.7 Å². The second kappa shape index (κ2) is 29.6. The van der Waals surface area contributed by atoms with Gasteiger partial charge in [-0.15, -0.1) is 0 Å². The first kappa shape index (κ1) is 62.6. The molecule has 4 N–H and O–H groups in total. The molecule has 0 spiro atoms. The van der Waals surface area contributed by atoms with Gasteiger partial charge in [-0.3, -0.25) is 18.2 Å². The van der Waals surface area contributed by atoms with Crippen molar-refractivity contribution >= 4 is 40.5 Å². The number of benzene rings is 4. The standard InChI is InChI=1S/C56H80O16S4/c1-5-9-13-17-21-25-69-53-41-29-43-35-50(74(60,61)62)37-45(54(43)70-26-22-18-14-10-6-2)31-47-39-52(76(66,67)68)40-48(56(47)72-28-24-20-16-12-8-4)32-46-38-51(75(63,64)65)36-44(55(46)71-27-23-19-15-11-7-3)30-42(53)34-49(33-41)73(57,58)59/h33-40H,5-32H2,1-4H3,(H,57,58,59)(H,60,61,62)(H,63,64,65)(H,66,67,68). The summed E-state index contributed by atoms with van der Waals surface area (Å²) < 4.78 is 176. The van der Waals surface area contributed by atoms with Gasteiger partial charge in [-0.05, 0) is 74.2 Å². The summed E-state index contributed by atoms with van der Waals surface area (Å²) in [6.45, 7) is 8.95. The predicted octanol–water partition coefficient (Wildman–Crippen LogP) is 12.7. The van der Waals surface area contributed by atoms with Gasteiger partial charge in [0.2, 0.25) is 0 Å². The molecule has 8 bridgehead atoms. The van der Waals surface area contributed by atoms with Crippen LogP contribution in [-0.2, 0) is 66.2 Å². The summed E-state index contributed by atoms with van der Waals surface area (Å²) >= 11 is 0. The largest absolute Gasteiger partial charge is 0.493 e. The van der Waals surface area contributed by atoms with E-state index >= 15 is 0 Å². The van der Waals surface area contributed by atoms with Gasteiger partial charge >= 0.3 is 0 Å². The smallest absolute Gasteiger partial charge is 0.294 e. The van der Waals surface area contributed by atoms with Crippen LogP contribution in [0.3, 0.4) is 0 Å². The maximum absolute atomic E-state index is 13.3. The fourth-order valence-electron chi connectivity index (χ4n) is 9.62. The van der Waals surface area contributed by atoms with Gasteiger partial charge in [-0.25, -0.2) is 0 Å². The molecule has 0 saturated carbocycles. The highest BCUT2D eigenvalue weighted by Crippen LogP contribution is 2.43. The molecule has 0 fully saturated rings. The van der Waals surface area contributed by atoms with E-state index in [4.69, 9.17) is 18.9 Å². The third-order valence-electron chi connectivity index (χ3n) is 13.6. The van der Waals surface area contributed by atoms with Crippen LogP contribution < -0.4 is 18.9 Å². The Balaban J connectivity index is 1.95. The molecule has 76 heavy (non-hydrogen) atoms. The zero-order valence-corrected chi connectivity index (χ0v) is 48.0. The first-order valence-corrected chi connectivity index (χ1v) is 32.9. The Kier molecular flexibility index (Phi) is 24.4. The molecule has 0 saturated heterocycles. The van der Waals surface area contributed by atoms with Crippen LogP contribution in [0.25, 0.3) is 0 Å². The Morgan fingerprint density at radius 3 is 0.592 bits per heavy atom. The summed E-state index contributed by atoms with van der Waals surface area (Å²) in [6, 6.07) is 9.70. The molecule has 0 radical (unpaired) electrons. The summed E-state index contributed by atoms with van der Waals surface area (Å²) in [7, 11) is -19.9. The van der Waals surface area contributed by atoms with E-state index in [9.17, 15) is 51.9 Å². The maximum atomic E-state index is 13.3. The number of ether oxygens (including phenoxy) is 4. The van der Waals surface area contributed by atoms with Crippen LogP contribution in [0, 0.1) is 0 Å². The Bertz CT molecular complexity index is 2510. The van der Waals surface area contributed by atoms with E-state index < -0.39 is 60.1 Å². The van der Waals surface area contributed by atoms with Crippen molar-refractivity contribution in [3.63, 3.8) is 0 Å². The normalized spacial score (nSPS) is 13.2. The van der Waals surface area contributed by atoms with E-state index in [0.717, 1.165) is 103 Å². The van der Waals surface area contributed by atoms with Crippen molar-refractivity contribution in [3.05, 3.63) is 93.0 Å². The van der Waals surface area contributed by atoms with Gasteiger partial charge in [0, 0.05) is 70.2 Å². The summed E-state index contributed by atoms with van der Waals surface area (Å²) in [6.07, 6.45) is 16.0. The molecule has 4 aromatic rings.